The molecule has 1 heterocycles. The minimum atomic E-state index is -0.679. The Morgan fingerprint density at radius 2 is 2.44 bits per heavy atom. The van der Waals surface area contributed by atoms with Crippen LogP contribution in [0.25, 0.3) is 0 Å². The average Bonchev–Trinajstić information content (AvgIpc) is 2.82. The van der Waals surface area contributed by atoms with E-state index in [1.54, 1.807) is 0 Å². The molecule has 0 saturated carbocycles. The SMILES string of the molecule is CNC(=O)N(CCO)/N=C\c1ccc([N+](=O)[O-])o1. The Balaban J connectivity index is 2.75. The number of furan rings is 1. The number of hydrogen-bond donors (Lipinski definition) is 2. The zero-order valence-corrected chi connectivity index (χ0v) is 9.57. The molecule has 0 radical (unpaired) electrons. The van der Waals surface area contributed by atoms with Crippen LogP contribution in [0.1, 0.15) is 5.76 Å². The molecule has 2 amide bonds. The molecule has 0 unspecified atom stereocenters. The molecule has 0 atom stereocenters. The molecule has 98 valence electrons. The number of aliphatic hydroxyl groups is 1. The maximum atomic E-state index is 11.3. The highest BCUT2D eigenvalue weighted by Crippen LogP contribution is 2.13. The lowest BCUT2D eigenvalue weighted by Gasteiger charge is -2.14. The molecule has 0 spiro atoms. The van der Waals surface area contributed by atoms with Crippen molar-refractivity contribution in [1.29, 1.82) is 0 Å². The van der Waals surface area contributed by atoms with E-state index < -0.39 is 16.8 Å². The van der Waals surface area contributed by atoms with Crippen molar-refractivity contribution in [3.05, 3.63) is 28.0 Å². The van der Waals surface area contributed by atoms with Crippen molar-refractivity contribution in [2.75, 3.05) is 20.2 Å². The second-order valence-electron chi connectivity index (χ2n) is 3.08. The van der Waals surface area contributed by atoms with Gasteiger partial charge in [0, 0.05) is 7.05 Å². The highest BCUT2D eigenvalue weighted by molar-refractivity contribution is 5.79. The average molecular weight is 256 g/mol. The molecule has 2 N–H and O–H groups in total. The molecule has 0 saturated heterocycles. The van der Waals surface area contributed by atoms with Gasteiger partial charge in [0.15, 0.2) is 5.76 Å². The molecule has 0 aromatic carbocycles. The normalized spacial score (nSPS) is 10.6. The molecule has 9 heteroatoms. The summed E-state index contributed by atoms with van der Waals surface area (Å²) in [6.45, 7) is -0.262. The topological polar surface area (TPSA) is 121 Å². The van der Waals surface area contributed by atoms with E-state index in [9.17, 15) is 14.9 Å². The first-order chi connectivity index (χ1) is 8.58. The molecule has 1 rings (SSSR count). The van der Waals surface area contributed by atoms with Gasteiger partial charge in [0.2, 0.25) is 0 Å². The van der Waals surface area contributed by atoms with Crippen molar-refractivity contribution in [3.63, 3.8) is 0 Å². The number of nitro groups is 1. The molecule has 0 bridgehead atoms. The van der Waals surface area contributed by atoms with E-state index in [0.29, 0.717) is 0 Å². The van der Waals surface area contributed by atoms with Gasteiger partial charge in [0.25, 0.3) is 0 Å². The first-order valence-corrected chi connectivity index (χ1v) is 4.96. The summed E-state index contributed by atoms with van der Waals surface area (Å²) >= 11 is 0. The molecule has 1 aromatic rings. The number of aliphatic hydroxyl groups excluding tert-OH is 1. The van der Waals surface area contributed by atoms with E-state index in [4.69, 9.17) is 9.52 Å². The Hall–Kier alpha value is -2.42. The van der Waals surface area contributed by atoms with E-state index in [0.717, 1.165) is 11.2 Å². The fourth-order valence-corrected chi connectivity index (χ4v) is 1.07. The third-order valence-electron chi connectivity index (χ3n) is 1.88. The van der Waals surface area contributed by atoms with Crippen molar-refractivity contribution in [1.82, 2.24) is 10.3 Å². The van der Waals surface area contributed by atoms with Gasteiger partial charge in [-0.1, -0.05) is 0 Å². The van der Waals surface area contributed by atoms with Crippen LogP contribution in [-0.2, 0) is 0 Å². The zero-order valence-electron chi connectivity index (χ0n) is 9.57. The molecule has 0 aliphatic rings. The van der Waals surface area contributed by atoms with Gasteiger partial charge in [-0.05, 0) is 6.07 Å². The van der Waals surface area contributed by atoms with Crippen LogP contribution in [0.3, 0.4) is 0 Å². The molecular formula is C9H12N4O5. The van der Waals surface area contributed by atoms with Crippen LogP contribution in [0, 0.1) is 10.1 Å². The lowest BCUT2D eigenvalue weighted by atomic mass is 10.5. The number of amides is 2. The van der Waals surface area contributed by atoms with Gasteiger partial charge >= 0.3 is 11.9 Å². The molecule has 9 nitrogen and oxygen atoms in total. The summed E-state index contributed by atoms with van der Waals surface area (Å²) < 4.78 is 4.82. The van der Waals surface area contributed by atoms with Gasteiger partial charge in [0.1, 0.15) is 4.92 Å². The maximum absolute atomic E-state index is 11.3. The Morgan fingerprint density at radius 3 is 2.94 bits per heavy atom. The van der Waals surface area contributed by atoms with Crippen molar-refractivity contribution >= 4 is 18.1 Å². The number of urea groups is 1. The summed E-state index contributed by atoms with van der Waals surface area (Å²) in [6.07, 6.45) is 1.15. The fourth-order valence-electron chi connectivity index (χ4n) is 1.07. The predicted octanol–water partition coefficient (Wildman–Crippen LogP) is 0.155. The highest BCUT2D eigenvalue weighted by atomic mass is 16.6. The first-order valence-electron chi connectivity index (χ1n) is 4.96. The number of carbonyl (C=O) groups excluding carboxylic acids is 1. The van der Waals surface area contributed by atoms with Gasteiger partial charge in [0.05, 0.1) is 25.4 Å². The Labute approximate surface area is 102 Å². The Morgan fingerprint density at radius 1 is 1.72 bits per heavy atom. The quantitative estimate of drug-likeness (QED) is 0.441. The zero-order chi connectivity index (χ0) is 13.5. The summed E-state index contributed by atoms with van der Waals surface area (Å²) in [6, 6.07) is 2.02. The van der Waals surface area contributed by atoms with Crippen LogP contribution in [0.4, 0.5) is 10.7 Å². The number of rotatable bonds is 5. The molecular weight excluding hydrogens is 244 g/mol. The largest absolute Gasteiger partial charge is 0.433 e. The Kier molecular flexibility index (Phi) is 4.81. The van der Waals surface area contributed by atoms with Crippen LogP contribution < -0.4 is 5.32 Å². The summed E-state index contributed by atoms with van der Waals surface area (Å²) in [5, 5.41) is 26.2. The van der Waals surface area contributed by atoms with Gasteiger partial charge < -0.3 is 14.8 Å². The third-order valence-corrected chi connectivity index (χ3v) is 1.88. The number of carbonyl (C=O) groups is 1. The predicted molar refractivity (Wildman–Crippen MR) is 61.2 cm³/mol. The van der Waals surface area contributed by atoms with Gasteiger partial charge in [-0.15, -0.1) is 0 Å². The van der Waals surface area contributed by atoms with E-state index in [1.807, 2.05) is 0 Å². The lowest BCUT2D eigenvalue weighted by Crippen LogP contribution is -2.36. The van der Waals surface area contributed by atoms with Gasteiger partial charge in [-0.2, -0.15) is 5.10 Å². The number of nitrogens with zero attached hydrogens (tertiary/aromatic N) is 3. The van der Waals surface area contributed by atoms with Crippen molar-refractivity contribution in [2.24, 2.45) is 5.10 Å². The monoisotopic (exact) mass is 256 g/mol. The second-order valence-corrected chi connectivity index (χ2v) is 3.08. The third kappa shape index (κ3) is 3.56. The number of nitrogens with one attached hydrogen (secondary N) is 1. The summed E-state index contributed by atoms with van der Waals surface area (Å²) in [7, 11) is 1.42. The van der Waals surface area contributed by atoms with Gasteiger partial charge in [-0.25, -0.2) is 9.80 Å². The molecule has 0 aliphatic heterocycles. The van der Waals surface area contributed by atoms with Crippen LogP contribution in [0.2, 0.25) is 0 Å². The van der Waals surface area contributed by atoms with E-state index in [2.05, 4.69) is 10.4 Å². The molecule has 1 aromatic heterocycles. The van der Waals surface area contributed by atoms with Crippen LogP contribution in [0.15, 0.2) is 21.7 Å². The maximum Gasteiger partial charge on any atom is 0.433 e. The highest BCUT2D eigenvalue weighted by Gasteiger charge is 2.12. The summed E-state index contributed by atoms with van der Waals surface area (Å²) in [5.74, 6) is -0.279. The van der Waals surface area contributed by atoms with E-state index in [-0.39, 0.29) is 18.9 Å². The van der Waals surface area contributed by atoms with Crippen molar-refractivity contribution in [2.45, 2.75) is 0 Å². The van der Waals surface area contributed by atoms with Crippen molar-refractivity contribution in [3.8, 4) is 0 Å². The van der Waals surface area contributed by atoms with Crippen LogP contribution >= 0.6 is 0 Å². The summed E-state index contributed by atoms with van der Waals surface area (Å²) in [4.78, 5) is 21.0. The smallest absolute Gasteiger partial charge is 0.400 e. The first kappa shape index (κ1) is 13.6. The van der Waals surface area contributed by atoms with Crippen molar-refractivity contribution < 1.29 is 19.2 Å². The van der Waals surface area contributed by atoms with Crippen LogP contribution in [0.5, 0.6) is 0 Å². The Bertz CT molecular complexity index is 456. The van der Waals surface area contributed by atoms with Crippen LogP contribution in [-0.4, -0.2) is 47.5 Å². The van der Waals surface area contributed by atoms with E-state index >= 15 is 0 Å². The molecule has 0 aliphatic carbocycles. The minimum absolute atomic E-state index is 0.00102. The second kappa shape index (κ2) is 6.35. The van der Waals surface area contributed by atoms with Gasteiger partial charge in [-0.3, -0.25) is 10.1 Å². The van der Waals surface area contributed by atoms with E-state index in [1.165, 1.54) is 19.2 Å². The molecule has 18 heavy (non-hydrogen) atoms. The lowest BCUT2D eigenvalue weighted by molar-refractivity contribution is -0.402. The fraction of sp³-hybridized carbons (Fsp3) is 0.333. The molecule has 0 fully saturated rings. The number of hydrogen-bond acceptors (Lipinski definition) is 6. The number of hydrazone groups is 1. The summed E-state index contributed by atoms with van der Waals surface area (Å²) in [5.41, 5.74) is 0. The minimum Gasteiger partial charge on any atom is -0.400 e. The standard InChI is InChI=1S/C9H12N4O5/c1-10-9(15)12(4-5-14)11-6-7-2-3-8(18-7)13(16)17/h2-3,6,14H,4-5H2,1H3,(H,10,15)/b11-6-.